The van der Waals surface area contributed by atoms with Crippen LogP contribution >= 0.6 is 11.8 Å². The van der Waals surface area contributed by atoms with E-state index in [2.05, 4.69) is 41.2 Å². The molecule has 4 aromatic rings. The van der Waals surface area contributed by atoms with E-state index in [1.54, 1.807) is 6.20 Å². The summed E-state index contributed by atoms with van der Waals surface area (Å²) in [4.78, 5) is 16.9. The Bertz CT molecular complexity index is 1260. The average molecular weight is 437 g/mol. The molecule has 1 aromatic carbocycles. The highest BCUT2D eigenvalue weighted by Crippen LogP contribution is 2.21. The molecular weight excluding hydrogens is 412 g/mol. The summed E-state index contributed by atoms with van der Waals surface area (Å²) in [5.41, 5.74) is 3.46. The van der Waals surface area contributed by atoms with Crippen LogP contribution in [0.15, 0.2) is 58.6 Å². The molecule has 0 radical (unpaired) electrons. The lowest BCUT2D eigenvalue weighted by atomic mass is 10.0. The van der Waals surface area contributed by atoms with Crippen LogP contribution in [0.4, 0.5) is 0 Å². The van der Waals surface area contributed by atoms with Crippen LogP contribution in [0, 0.1) is 6.92 Å². The van der Waals surface area contributed by atoms with E-state index in [1.807, 2.05) is 31.2 Å². The predicted molar refractivity (Wildman–Crippen MR) is 121 cm³/mol. The number of fused-ring (bicyclic) bond motifs is 1. The molecule has 0 amide bonds. The van der Waals surface area contributed by atoms with E-state index in [4.69, 9.17) is 10.6 Å². The normalized spacial score (nSPS) is 11.4. The number of hydrogen-bond acceptors (Lipinski definition) is 7. The minimum Gasteiger partial charge on any atom is -0.486 e. The molecule has 0 aliphatic rings. The van der Waals surface area contributed by atoms with Gasteiger partial charge in [0.25, 0.3) is 5.56 Å². The maximum Gasteiger partial charge on any atom is 0.258 e. The van der Waals surface area contributed by atoms with E-state index in [0.717, 1.165) is 11.3 Å². The quantitative estimate of drug-likeness (QED) is 0.350. The summed E-state index contributed by atoms with van der Waals surface area (Å²) < 4.78 is 8.72. The van der Waals surface area contributed by atoms with Crippen LogP contribution < -0.4 is 16.1 Å². The van der Waals surface area contributed by atoms with E-state index < -0.39 is 0 Å². The van der Waals surface area contributed by atoms with E-state index >= 15 is 0 Å². The molecule has 0 saturated carbocycles. The highest BCUT2D eigenvalue weighted by molar-refractivity contribution is 7.98. The molecule has 0 atom stereocenters. The summed E-state index contributed by atoms with van der Waals surface area (Å²) in [7, 11) is 0. The van der Waals surface area contributed by atoms with Crippen molar-refractivity contribution in [3.63, 3.8) is 0 Å². The fourth-order valence-electron chi connectivity index (χ4n) is 3.07. The lowest BCUT2D eigenvalue weighted by Crippen LogP contribution is -2.16. The van der Waals surface area contributed by atoms with Gasteiger partial charge in [-0.2, -0.15) is 0 Å². The van der Waals surface area contributed by atoms with Crippen LogP contribution in [0.5, 0.6) is 5.75 Å². The molecule has 9 heteroatoms. The highest BCUT2D eigenvalue weighted by Gasteiger charge is 2.12. The van der Waals surface area contributed by atoms with Gasteiger partial charge in [0.1, 0.15) is 18.0 Å². The molecule has 0 unspecified atom stereocenters. The fourth-order valence-corrected chi connectivity index (χ4v) is 3.83. The number of thioether (sulfide) groups is 1. The summed E-state index contributed by atoms with van der Waals surface area (Å²) in [6.07, 6.45) is 1.73. The Balaban J connectivity index is 1.41. The minimum atomic E-state index is -0.118. The summed E-state index contributed by atoms with van der Waals surface area (Å²) in [5.74, 6) is 8.32. The summed E-state index contributed by atoms with van der Waals surface area (Å²) in [6.45, 7) is 6.47. The molecule has 31 heavy (non-hydrogen) atoms. The van der Waals surface area contributed by atoms with Gasteiger partial charge in [-0.3, -0.25) is 9.20 Å². The van der Waals surface area contributed by atoms with Crippen LogP contribution in [0.2, 0.25) is 0 Å². The third kappa shape index (κ3) is 4.72. The van der Waals surface area contributed by atoms with E-state index in [1.165, 1.54) is 32.5 Å². The monoisotopic (exact) mass is 436 g/mol. The second-order valence-corrected chi connectivity index (χ2v) is 8.53. The molecule has 3 heterocycles. The van der Waals surface area contributed by atoms with Gasteiger partial charge in [0.15, 0.2) is 5.82 Å². The Morgan fingerprint density at radius 3 is 2.65 bits per heavy atom. The number of nitrogen functional groups attached to an aromatic ring is 1. The Kier molecular flexibility index (Phi) is 5.94. The lowest BCUT2D eigenvalue weighted by Gasteiger charge is -2.09. The maximum absolute atomic E-state index is 12.3. The molecule has 0 aliphatic carbocycles. The molecule has 4 rings (SSSR count). The Hall–Kier alpha value is -3.33. The van der Waals surface area contributed by atoms with Gasteiger partial charge in [-0.1, -0.05) is 37.7 Å². The Morgan fingerprint density at radius 2 is 1.90 bits per heavy atom. The molecule has 0 spiro atoms. The first-order valence-corrected chi connectivity index (χ1v) is 10.9. The zero-order valence-corrected chi connectivity index (χ0v) is 18.5. The van der Waals surface area contributed by atoms with Crippen LogP contribution in [0.1, 0.15) is 42.4 Å². The largest absolute Gasteiger partial charge is 0.486 e. The van der Waals surface area contributed by atoms with E-state index in [0.29, 0.717) is 34.0 Å². The van der Waals surface area contributed by atoms with Crippen molar-refractivity contribution in [3.8, 4) is 5.75 Å². The van der Waals surface area contributed by atoms with Crippen molar-refractivity contribution in [2.24, 2.45) is 0 Å². The number of benzene rings is 1. The highest BCUT2D eigenvalue weighted by atomic mass is 32.2. The Morgan fingerprint density at radius 1 is 1.13 bits per heavy atom. The van der Waals surface area contributed by atoms with Crippen LogP contribution in [-0.2, 0) is 12.4 Å². The van der Waals surface area contributed by atoms with Gasteiger partial charge in [0.05, 0.1) is 5.69 Å². The molecule has 0 saturated heterocycles. The summed E-state index contributed by atoms with van der Waals surface area (Å²) in [6, 6.07) is 13.3. The average Bonchev–Trinajstić information content (AvgIpc) is 3.10. The molecule has 8 nitrogen and oxygen atoms in total. The first-order chi connectivity index (χ1) is 14.9. The van der Waals surface area contributed by atoms with Crippen molar-refractivity contribution in [1.29, 1.82) is 0 Å². The summed E-state index contributed by atoms with van der Waals surface area (Å²) in [5, 5.41) is 8.79. The first kappa shape index (κ1) is 20.9. The first-order valence-electron chi connectivity index (χ1n) is 9.94. The second kappa shape index (κ2) is 8.81. The molecule has 0 bridgehead atoms. The van der Waals surface area contributed by atoms with Crippen molar-refractivity contribution in [2.45, 2.75) is 44.2 Å². The number of hydrogen-bond donors (Lipinski definition) is 1. The standard InChI is InChI=1S/C22H24N6O2S/c1-14(2)16-4-6-18(7-5-16)30-12-20-25-26-22(28(20)23)31-13-17-11-21(29)27-9-8-15(3)10-19(27)24-17/h4-11,14H,12-13,23H2,1-3H3. The van der Waals surface area contributed by atoms with E-state index in [9.17, 15) is 4.79 Å². The second-order valence-electron chi connectivity index (χ2n) is 7.59. The number of nitrogens with two attached hydrogens (primary N) is 1. The third-order valence-electron chi connectivity index (χ3n) is 4.87. The number of aromatic nitrogens is 5. The fraction of sp³-hybridized carbons (Fsp3) is 0.273. The third-order valence-corrected chi connectivity index (χ3v) is 5.85. The molecule has 0 aliphatic heterocycles. The summed E-state index contributed by atoms with van der Waals surface area (Å²) >= 11 is 1.37. The van der Waals surface area contributed by atoms with Gasteiger partial charge >= 0.3 is 0 Å². The van der Waals surface area contributed by atoms with Gasteiger partial charge in [-0.05, 0) is 48.2 Å². The zero-order chi connectivity index (χ0) is 22.0. The predicted octanol–water partition coefficient (Wildman–Crippen LogP) is 3.30. The number of aryl methyl sites for hydroxylation is 1. The smallest absolute Gasteiger partial charge is 0.258 e. The Labute approximate surface area is 184 Å². The molecular formula is C22H24N6O2S. The van der Waals surface area contributed by atoms with Crippen LogP contribution in [0.3, 0.4) is 0 Å². The van der Waals surface area contributed by atoms with Crippen molar-refractivity contribution in [1.82, 2.24) is 24.3 Å². The lowest BCUT2D eigenvalue weighted by molar-refractivity contribution is 0.291. The molecule has 160 valence electrons. The van der Waals surface area contributed by atoms with Gasteiger partial charge < -0.3 is 10.6 Å². The topological polar surface area (TPSA) is 100 Å². The molecule has 2 N–H and O–H groups in total. The van der Waals surface area contributed by atoms with Crippen molar-refractivity contribution in [2.75, 3.05) is 5.84 Å². The molecule has 3 aromatic heterocycles. The number of rotatable bonds is 7. The zero-order valence-electron chi connectivity index (χ0n) is 17.6. The minimum absolute atomic E-state index is 0.118. The van der Waals surface area contributed by atoms with E-state index in [-0.39, 0.29) is 12.2 Å². The van der Waals surface area contributed by atoms with Crippen molar-refractivity contribution < 1.29 is 4.74 Å². The number of ether oxygens (including phenoxy) is 1. The number of pyridine rings is 1. The van der Waals surface area contributed by atoms with Crippen LogP contribution in [0.25, 0.3) is 5.65 Å². The van der Waals surface area contributed by atoms with Gasteiger partial charge in [0, 0.05) is 18.0 Å². The maximum atomic E-state index is 12.3. The number of nitrogens with zero attached hydrogens (tertiary/aromatic N) is 5. The van der Waals surface area contributed by atoms with Crippen LogP contribution in [-0.4, -0.2) is 24.3 Å². The van der Waals surface area contributed by atoms with Crippen molar-refractivity contribution >= 4 is 17.4 Å². The SMILES string of the molecule is Cc1ccn2c(=O)cc(CSc3nnc(COc4ccc(C(C)C)cc4)n3N)nc2c1. The van der Waals surface area contributed by atoms with Gasteiger partial charge in [-0.15, -0.1) is 10.2 Å². The van der Waals surface area contributed by atoms with Crippen molar-refractivity contribution in [3.05, 3.63) is 81.7 Å². The van der Waals surface area contributed by atoms with Gasteiger partial charge in [0.2, 0.25) is 5.16 Å². The van der Waals surface area contributed by atoms with Gasteiger partial charge in [-0.25, -0.2) is 9.66 Å². The molecule has 0 fully saturated rings.